The summed E-state index contributed by atoms with van der Waals surface area (Å²) in [5, 5.41) is 12.6. The highest BCUT2D eigenvalue weighted by Crippen LogP contribution is 2.27. The molecule has 0 fully saturated rings. The number of imidazole rings is 1. The average Bonchev–Trinajstić information content (AvgIpc) is 2.91. The number of aromatic hydroxyl groups is 1. The topological polar surface area (TPSA) is 89.3 Å². The van der Waals surface area contributed by atoms with Crippen LogP contribution in [-0.4, -0.2) is 38.7 Å². The van der Waals surface area contributed by atoms with Gasteiger partial charge in [0.25, 0.3) is 0 Å². The van der Waals surface area contributed by atoms with Gasteiger partial charge < -0.3 is 19.7 Å². The number of hydrogen-bond acceptors (Lipinski definition) is 5. The number of rotatable bonds is 5. The number of benzene rings is 1. The number of amides is 1. The number of carbonyl (C=O) groups excluding carboxylic acids is 1. The number of phenolic OH excluding ortho intramolecular Hbond substituents is 1. The second-order valence-corrected chi connectivity index (χ2v) is 5.89. The van der Waals surface area contributed by atoms with Gasteiger partial charge in [0.05, 0.1) is 18.1 Å². The number of hydrogen-bond donors (Lipinski definition) is 2. The molecule has 0 saturated heterocycles. The van der Waals surface area contributed by atoms with E-state index < -0.39 is 0 Å². The third-order valence-corrected chi connectivity index (χ3v) is 3.80. The van der Waals surface area contributed by atoms with Crippen LogP contribution in [0.5, 0.6) is 11.6 Å². The fourth-order valence-electron chi connectivity index (χ4n) is 2.82. The highest BCUT2D eigenvalue weighted by molar-refractivity contribution is 5.81. The van der Waals surface area contributed by atoms with Gasteiger partial charge in [-0.25, -0.2) is 9.97 Å². The van der Waals surface area contributed by atoms with Gasteiger partial charge >= 0.3 is 0 Å². The predicted molar refractivity (Wildman–Crippen MR) is 94.5 cm³/mol. The normalized spacial score (nSPS) is 12.1. The van der Waals surface area contributed by atoms with Crippen molar-refractivity contribution in [1.82, 2.24) is 19.9 Å². The van der Waals surface area contributed by atoms with E-state index in [2.05, 4.69) is 15.3 Å². The first-order valence-electron chi connectivity index (χ1n) is 7.95. The molecule has 1 atom stereocenters. The minimum absolute atomic E-state index is 0.0874. The molecule has 0 spiro atoms. The van der Waals surface area contributed by atoms with Crippen molar-refractivity contribution in [3.05, 3.63) is 36.4 Å². The standard InChI is InChI=1S/C18H20N4O3/c1-11(19-12(2)23)10-22-16-8-7-13(24)9-15(16)21-18(22)14-5-4-6-17(20-14)25-3/h4-9,11,24H,10H2,1-3H3,(H,19,23). The van der Waals surface area contributed by atoms with Crippen molar-refractivity contribution in [3.63, 3.8) is 0 Å². The average molecular weight is 340 g/mol. The number of aromatic nitrogens is 3. The summed E-state index contributed by atoms with van der Waals surface area (Å²) >= 11 is 0. The molecule has 0 aliphatic rings. The number of phenols is 1. The van der Waals surface area contributed by atoms with Gasteiger partial charge in [0.2, 0.25) is 11.8 Å². The Balaban J connectivity index is 2.12. The summed E-state index contributed by atoms with van der Waals surface area (Å²) in [6.45, 7) is 3.94. The molecule has 2 heterocycles. The van der Waals surface area contributed by atoms with E-state index in [4.69, 9.17) is 4.74 Å². The van der Waals surface area contributed by atoms with Gasteiger partial charge in [-0.05, 0) is 25.1 Å². The largest absolute Gasteiger partial charge is 0.508 e. The van der Waals surface area contributed by atoms with Crippen LogP contribution in [0.4, 0.5) is 0 Å². The van der Waals surface area contributed by atoms with E-state index in [1.165, 1.54) is 6.92 Å². The molecule has 7 nitrogen and oxygen atoms in total. The molecule has 0 radical (unpaired) electrons. The Morgan fingerprint density at radius 1 is 1.32 bits per heavy atom. The van der Waals surface area contributed by atoms with Crippen molar-refractivity contribution < 1.29 is 14.6 Å². The van der Waals surface area contributed by atoms with Crippen molar-refractivity contribution in [3.8, 4) is 23.1 Å². The molecule has 1 unspecified atom stereocenters. The summed E-state index contributed by atoms with van der Waals surface area (Å²) in [6, 6.07) is 10.4. The van der Waals surface area contributed by atoms with Gasteiger partial charge in [-0.2, -0.15) is 0 Å². The number of carbonyl (C=O) groups is 1. The molecule has 2 aromatic heterocycles. The number of ether oxygens (including phenoxy) is 1. The lowest BCUT2D eigenvalue weighted by atomic mass is 10.2. The number of nitrogens with one attached hydrogen (secondary N) is 1. The van der Waals surface area contributed by atoms with Gasteiger partial charge in [0.15, 0.2) is 5.82 Å². The number of methoxy groups -OCH3 is 1. The van der Waals surface area contributed by atoms with Crippen LogP contribution >= 0.6 is 0 Å². The molecular formula is C18H20N4O3. The Morgan fingerprint density at radius 2 is 2.12 bits per heavy atom. The van der Waals surface area contributed by atoms with Gasteiger partial charge in [-0.3, -0.25) is 4.79 Å². The van der Waals surface area contributed by atoms with E-state index in [1.54, 1.807) is 25.3 Å². The van der Waals surface area contributed by atoms with Crippen LogP contribution in [0, 0.1) is 0 Å². The van der Waals surface area contributed by atoms with Crippen LogP contribution in [0.25, 0.3) is 22.6 Å². The summed E-state index contributed by atoms with van der Waals surface area (Å²) in [6.07, 6.45) is 0. The van der Waals surface area contributed by atoms with Crippen LogP contribution < -0.4 is 10.1 Å². The Bertz CT molecular complexity index is 920. The van der Waals surface area contributed by atoms with Crippen molar-refractivity contribution in [1.29, 1.82) is 0 Å². The van der Waals surface area contributed by atoms with Crippen LogP contribution in [0.2, 0.25) is 0 Å². The molecule has 0 aliphatic heterocycles. The molecule has 2 N–H and O–H groups in total. The maximum Gasteiger partial charge on any atom is 0.217 e. The minimum Gasteiger partial charge on any atom is -0.508 e. The van der Waals surface area contributed by atoms with Gasteiger partial charge in [-0.1, -0.05) is 6.07 Å². The van der Waals surface area contributed by atoms with Gasteiger partial charge in [0.1, 0.15) is 11.4 Å². The molecule has 3 aromatic rings. The van der Waals surface area contributed by atoms with Crippen LogP contribution in [-0.2, 0) is 11.3 Å². The van der Waals surface area contributed by atoms with E-state index in [1.807, 2.05) is 29.7 Å². The van der Waals surface area contributed by atoms with Gasteiger partial charge in [0, 0.05) is 31.6 Å². The molecule has 0 saturated carbocycles. The third-order valence-electron chi connectivity index (χ3n) is 3.80. The van der Waals surface area contributed by atoms with Crippen molar-refractivity contribution >= 4 is 16.9 Å². The smallest absolute Gasteiger partial charge is 0.217 e. The highest BCUT2D eigenvalue weighted by atomic mass is 16.5. The van der Waals surface area contributed by atoms with E-state index in [0.717, 1.165) is 5.52 Å². The molecule has 0 aliphatic carbocycles. The summed E-state index contributed by atoms with van der Waals surface area (Å²) in [7, 11) is 1.56. The van der Waals surface area contributed by atoms with Gasteiger partial charge in [-0.15, -0.1) is 0 Å². The lowest BCUT2D eigenvalue weighted by Crippen LogP contribution is -2.34. The maximum atomic E-state index is 11.3. The number of nitrogens with zero attached hydrogens (tertiary/aromatic N) is 3. The zero-order valence-electron chi connectivity index (χ0n) is 14.4. The number of fused-ring (bicyclic) bond motifs is 1. The summed E-state index contributed by atoms with van der Waals surface area (Å²) in [5.41, 5.74) is 2.18. The van der Waals surface area contributed by atoms with Crippen molar-refractivity contribution in [2.75, 3.05) is 7.11 Å². The molecule has 7 heteroatoms. The summed E-state index contributed by atoms with van der Waals surface area (Å²) in [5.74, 6) is 1.21. The van der Waals surface area contributed by atoms with Crippen LogP contribution in [0.1, 0.15) is 13.8 Å². The Kier molecular flexibility index (Phi) is 4.56. The first-order chi connectivity index (χ1) is 12.0. The zero-order chi connectivity index (χ0) is 18.0. The Morgan fingerprint density at radius 3 is 2.84 bits per heavy atom. The molecule has 3 rings (SSSR count). The third kappa shape index (κ3) is 3.55. The Hall–Kier alpha value is -3.09. The minimum atomic E-state index is -0.0898. The SMILES string of the molecule is COc1cccc(-c2nc3cc(O)ccc3n2CC(C)NC(C)=O)n1. The van der Waals surface area contributed by atoms with E-state index >= 15 is 0 Å². The predicted octanol–water partition coefficient (Wildman–Crippen LogP) is 2.34. The molecule has 25 heavy (non-hydrogen) atoms. The lowest BCUT2D eigenvalue weighted by molar-refractivity contribution is -0.119. The van der Waals surface area contributed by atoms with Crippen LogP contribution in [0.15, 0.2) is 36.4 Å². The molecule has 1 aromatic carbocycles. The number of pyridine rings is 1. The first-order valence-corrected chi connectivity index (χ1v) is 7.95. The van der Waals surface area contributed by atoms with Crippen molar-refractivity contribution in [2.45, 2.75) is 26.4 Å². The molecular weight excluding hydrogens is 320 g/mol. The van der Waals surface area contributed by atoms with Crippen LogP contribution in [0.3, 0.4) is 0 Å². The van der Waals surface area contributed by atoms with E-state index in [-0.39, 0.29) is 17.7 Å². The lowest BCUT2D eigenvalue weighted by Gasteiger charge is -2.16. The monoisotopic (exact) mass is 340 g/mol. The summed E-state index contributed by atoms with van der Waals surface area (Å²) in [4.78, 5) is 20.4. The highest BCUT2D eigenvalue weighted by Gasteiger charge is 2.17. The second-order valence-electron chi connectivity index (χ2n) is 5.89. The van der Waals surface area contributed by atoms with Crippen molar-refractivity contribution in [2.24, 2.45) is 0 Å². The fourth-order valence-corrected chi connectivity index (χ4v) is 2.82. The first kappa shape index (κ1) is 16.8. The molecule has 1 amide bonds. The zero-order valence-corrected chi connectivity index (χ0v) is 14.4. The molecule has 130 valence electrons. The fraction of sp³-hybridized carbons (Fsp3) is 0.278. The second kappa shape index (κ2) is 6.80. The Labute approximate surface area is 145 Å². The quantitative estimate of drug-likeness (QED) is 0.744. The van der Waals surface area contributed by atoms with E-state index in [9.17, 15) is 9.90 Å². The maximum absolute atomic E-state index is 11.3. The summed E-state index contributed by atoms with van der Waals surface area (Å²) < 4.78 is 7.18. The van der Waals surface area contributed by atoms with E-state index in [0.29, 0.717) is 29.5 Å². The molecule has 0 bridgehead atoms.